The Morgan fingerprint density at radius 1 is 1.47 bits per heavy atom. The second-order valence-electron chi connectivity index (χ2n) is 3.77. The third-order valence-corrected chi connectivity index (χ3v) is 3.46. The summed E-state index contributed by atoms with van der Waals surface area (Å²) < 4.78 is 5.13. The summed E-state index contributed by atoms with van der Waals surface area (Å²) >= 11 is 7.55. The number of aromatic nitrogens is 2. The van der Waals surface area contributed by atoms with Crippen molar-refractivity contribution in [1.29, 1.82) is 0 Å². The summed E-state index contributed by atoms with van der Waals surface area (Å²) in [5, 5.41) is 7.76. The molecule has 2 aromatic rings. The molecule has 0 unspecified atom stereocenters. The molecule has 0 spiro atoms. The first-order chi connectivity index (χ1) is 9.28. The van der Waals surface area contributed by atoms with E-state index in [2.05, 4.69) is 22.0 Å². The monoisotopic (exact) mass is 295 g/mol. The third kappa shape index (κ3) is 4.70. The minimum absolute atomic E-state index is 0.556. The molecular weight excluding hydrogens is 282 g/mol. The van der Waals surface area contributed by atoms with Crippen LogP contribution in [0.25, 0.3) is 0 Å². The van der Waals surface area contributed by atoms with Crippen LogP contribution in [0, 0.1) is 0 Å². The van der Waals surface area contributed by atoms with Crippen molar-refractivity contribution in [3.05, 3.63) is 53.7 Å². The topological polar surface area (TPSA) is 51.0 Å². The van der Waals surface area contributed by atoms with E-state index >= 15 is 0 Å². The molecule has 0 atom stereocenters. The van der Waals surface area contributed by atoms with Crippen molar-refractivity contribution in [3.63, 3.8) is 0 Å². The Kier molecular flexibility index (Phi) is 5.44. The van der Waals surface area contributed by atoms with Crippen LogP contribution >= 0.6 is 23.4 Å². The van der Waals surface area contributed by atoms with Gasteiger partial charge < -0.3 is 9.84 Å². The van der Waals surface area contributed by atoms with Crippen molar-refractivity contribution >= 4 is 23.4 Å². The van der Waals surface area contributed by atoms with Gasteiger partial charge in [0.05, 0.1) is 12.3 Å². The first kappa shape index (κ1) is 14.1. The van der Waals surface area contributed by atoms with Crippen LogP contribution < -0.4 is 5.32 Å². The van der Waals surface area contributed by atoms with Gasteiger partial charge in [-0.25, -0.2) is 0 Å². The van der Waals surface area contributed by atoms with Gasteiger partial charge in [0.15, 0.2) is 5.82 Å². The Labute approximate surface area is 121 Å². The molecule has 2 rings (SSSR count). The lowest BCUT2D eigenvalue weighted by molar-refractivity contribution is 0.366. The van der Waals surface area contributed by atoms with Crippen LogP contribution in [0.15, 0.2) is 46.3 Å². The fourth-order valence-electron chi connectivity index (χ4n) is 1.41. The minimum Gasteiger partial charge on any atom is -0.338 e. The molecule has 0 saturated carbocycles. The normalized spacial score (nSPS) is 10.6. The number of nitrogens with zero attached hydrogens (tertiary/aromatic N) is 2. The highest BCUT2D eigenvalue weighted by atomic mass is 35.5. The van der Waals surface area contributed by atoms with Gasteiger partial charge in [-0.1, -0.05) is 28.9 Å². The lowest BCUT2D eigenvalue weighted by atomic mass is 10.4. The lowest BCUT2D eigenvalue weighted by Gasteiger charge is -1.98. The van der Waals surface area contributed by atoms with Gasteiger partial charge in [-0.15, -0.1) is 18.3 Å². The molecule has 0 aliphatic rings. The summed E-state index contributed by atoms with van der Waals surface area (Å²) in [6.07, 6.45) is 1.78. The fraction of sp³-hybridized carbons (Fsp3) is 0.231. The van der Waals surface area contributed by atoms with E-state index in [1.807, 2.05) is 24.3 Å². The van der Waals surface area contributed by atoms with Gasteiger partial charge in [0.25, 0.3) is 0 Å². The Bertz CT molecular complexity index is 544. The molecule has 0 aliphatic carbocycles. The average Bonchev–Trinajstić information content (AvgIpc) is 2.85. The smallest absolute Gasteiger partial charge is 0.240 e. The molecule has 1 heterocycles. The molecule has 0 fully saturated rings. The van der Waals surface area contributed by atoms with Gasteiger partial charge >= 0.3 is 0 Å². The number of thioether (sulfide) groups is 1. The molecule has 1 aromatic heterocycles. The SMILES string of the molecule is C=CCNCc1nc(CSc2cccc(Cl)c2)no1. The van der Waals surface area contributed by atoms with E-state index in [0.29, 0.717) is 24.0 Å². The summed E-state index contributed by atoms with van der Waals surface area (Å²) in [7, 11) is 0. The predicted octanol–water partition coefficient (Wildman–Crippen LogP) is 3.29. The molecule has 1 N–H and O–H groups in total. The number of hydrogen-bond donors (Lipinski definition) is 1. The zero-order chi connectivity index (χ0) is 13.5. The van der Waals surface area contributed by atoms with Crippen molar-refractivity contribution in [2.75, 3.05) is 6.54 Å². The van der Waals surface area contributed by atoms with Crippen molar-refractivity contribution in [2.45, 2.75) is 17.2 Å². The van der Waals surface area contributed by atoms with E-state index in [0.717, 1.165) is 16.5 Å². The highest BCUT2D eigenvalue weighted by molar-refractivity contribution is 7.98. The van der Waals surface area contributed by atoms with Gasteiger partial charge in [-0.05, 0) is 18.2 Å². The molecule has 0 amide bonds. The van der Waals surface area contributed by atoms with Crippen LogP contribution in [0.2, 0.25) is 5.02 Å². The Balaban J connectivity index is 1.84. The summed E-state index contributed by atoms with van der Waals surface area (Å²) in [5.41, 5.74) is 0. The Morgan fingerprint density at radius 2 is 2.37 bits per heavy atom. The third-order valence-electron chi connectivity index (χ3n) is 2.24. The zero-order valence-electron chi connectivity index (χ0n) is 10.3. The van der Waals surface area contributed by atoms with Gasteiger partial charge in [0.1, 0.15) is 0 Å². The lowest BCUT2D eigenvalue weighted by Crippen LogP contribution is -2.12. The van der Waals surface area contributed by atoms with Crippen molar-refractivity contribution in [1.82, 2.24) is 15.5 Å². The van der Waals surface area contributed by atoms with Crippen LogP contribution in [0.4, 0.5) is 0 Å². The molecule has 0 saturated heterocycles. The largest absolute Gasteiger partial charge is 0.338 e. The van der Waals surface area contributed by atoms with Crippen LogP contribution in [0.1, 0.15) is 11.7 Å². The van der Waals surface area contributed by atoms with E-state index in [1.54, 1.807) is 17.8 Å². The molecular formula is C13H14ClN3OS. The Hall–Kier alpha value is -1.30. The standard InChI is InChI=1S/C13H14ClN3OS/c1-2-6-15-8-13-16-12(17-18-13)9-19-11-5-3-4-10(14)7-11/h2-5,7,15H,1,6,8-9H2. The maximum Gasteiger partial charge on any atom is 0.240 e. The summed E-state index contributed by atoms with van der Waals surface area (Å²) in [6.45, 7) is 4.90. The molecule has 4 nitrogen and oxygen atoms in total. The second-order valence-corrected chi connectivity index (χ2v) is 5.26. The minimum atomic E-state index is 0.556. The first-order valence-electron chi connectivity index (χ1n) is 5.79. The number of halogens is 1. The van der Waals surface area contributed by atoms with E-state index in [4.69, 9.17) is 16.1 Å². The highest BCUT2D eigenvalue weighted by Gasteiger charge is 2.06. The Morgan fingerprint density at radius 3 is 3.16 bits per heavy atom. The summed E-state index contributed by atoms with van der Waals surface area (Å²) in [5.74, 6) is 1.93. The van der Waals surface area contributed by atoms with Gasteiger partial charge in [-0.2, -0.15) is 4.98 Å². The average molecular weight is 296 g/mol. The van der Waals surface area contributed by atoms with Crippen molar-refractivity contribution in [3.8, 4) is 0 Å². The second kappa shape index (κ2) is 7.33. The number of rotatable bonds is 7. The van der Waals surface area contributed by atoms with Crippen LogP contribution in [-0.2, 0) is 12.3 Å². The predicted molar refractivity (Wildman–Crippen MR) is 77.2 cm³/mol. The van der Waals surface area contributed by atoms with E-state index in [1.165, 1.54) is 0 Å². The molecule has 19 heavy (non-hydrogen) atoms. The van der Waals surface area contributed by atoms with Gasteiger partial charge in [0, 0.05) is 16.5 Å². The zero-order valence-corrected chi connectivity index (χ0v) is 11.9. The quantitative estimate of drug-likeness (QED) is 0.482. The van der Waals surface area contributed by atoms with Gasteiger partial charge in [0.2, 0.25) is 5.89 Å². The molecule has 100 valence electrons. The fourth-order valence-corrected chi connectivity index (χ4v) is 2.46. The molecule has 6 heteroatoms. The van der Waals surface area contributed by atoms with E-state index < -0.39 is 0 Å². The highest BCUT2D eigenvalue weighted by Crippen LogP contribution is 2.24. The number of hydrogen-bond acceptors (Lipinski definition) is 5. The van der Waals surface area contributed by atoms with Crippen molar-refractivity contribution in [2.24, 2.45) is 0 Å². The molecule has 0 radical (unpaired) electrons. The molecule has 0 bridgehead atoms. The summed E-state index contributed by atoms with van der Waals surface area (Å²) in [6, 6.07) is 7.69. The first-order valence-corrected chi connectivity index (χ1v) is 7.15. The maximum absolute atomic E-state index is 5.92. The summed E-state index contributed by atoms with van der Waals surface area (Å²) in [4.78, 5) is 5.38. The maximum atomic E-state index is 5.92. The van der Waals surface area contributed by atoms with Crippen molar-refractivity contribution < 1.29 is 4.52 Å². The van der Waals surface area contributed by atoms with Crippen LogP contribution in [-0.4, -0.2) is 16.7 Å². The molecule has 0 aliphatic heterocycles. The van der Waals surface area contributed by atoms with Gasteiger partial charge in [-0.3, -0.25) is 0 Å². The van der Waals surface area contributed by atoms with E-state index in [9.17, 15) is 0 Å². The molecule has 1 aromatic carbocycles. The van der Waals surface area contributed by atoms with Crippen LogP contribution in [0.3, 0.4) is 0 Å². The number of benzene rings is 1. The van der Waals surface area contributed by atoms with E-state index in [-0.39, 0.29) is 0 Å². The van der Waals surface area contributed by atoms with Crippen LogP contribution in [0.5, 0.6) is 0 Å². The number of nitrogens with one attached hydrogen (secondary N) is 1.